The largest absolute Gasteiger partial charge is 0.416 e. The third-order valence-electron chi connectivity index (χ3n) is 5.03. The van der Waals surface area contributed by atoms with Crippen LogP contribution >= 0.6 is 0 Å². The highest BCUT2D eigenvalue weighted by Crippen LogP contribution is 2.36. The number of hydrogen-bond acceptors (Lipinski definition) is 3. The molecule has 1 aliphatic heterocycles. The van der Waals surface area contributed by atoms with Crippen molar-refractivity contribution in [2.45, 2.75) is 6.18 Å². The van der Waals surface area contributed by atoms with Gasteiger partial charge in [-0.3, -0.25) is 4.79 Å². The summed E-state index contributed by atoms with van der Waals surface area (Å²) >= 11 is 0. The molecule has 3 aromatic rings. The Morgan fingerprint density at radius 2 is 1.66 bits per heavy atom. The predicted molar refractivity (Wildman–Crippen MR) is 107 cm³/mol. The Balaban J connectivity index is 1.79. The van der Waals surface area contributed by atoms with Gasteiger partial charge in [0.2, 0.25) is 5.78 Å². The molecule has 0 bridgehead atoms. The van der Waals surface area contributed by atoms with Gasteiger partial charge in [0.05, 0.1) is 16.8 Å². The number of fused-ring (bicyclic) bond motifs is 1. The molecule has 146 valence electrons. The maximum absolute atomic E-state index is 13.1. The van der Waals surface area contributed by atoms with E-state index in [0.29, 0.717) is 5.70 Å². The molecule has 29 heavy (non-hydrogen) atoms. The van der Waals surface area contributed by atoms with Gasteiger partial charge in [-0.1, -0.05) is 54.6 Å². The molecule has 0 saturated heterocycles. The smallest absolute Gasteiger partial charge is 0.384 e. The molecule has 0 unspecified atom stereocenters. The number of Topliss-reactive ketones (excluding diaryl/α,β-unsaturated/α-hetero) is 1. The van der Waals surface area contributed by atoms with Crippen LogP contribution in [0, 0.1) is 0 Å². The van der Waals surface area contributed by atoms with Crippen LogP contribution in [0.25, 0.3) is 22.4 Å². The van der Waals surface area contributed by atoms with Crippen LogP contribution in [0.2, 0.25) is 0 Å². The minimum atomic E-state index is -4.50. The highest BCUT2D eigenvalue weighted by molar-refractivity contribution is 6.32. The molecule has 3 nitrogen and oxygen atoms in total. The highest BCUT2D eigenvalue weighted by Gasteiger charge is 2.35. The lowest BCUT2D eigenvalue weighted by molar-refractivity contribution is -0.137. The first-order chi connectivity index (χ1) is 13.8. The number of carbonyl (C=O) groups excluding carboxylic acids is 1. The van der Waals surface area contributed by atoms with Gasteiger partial charge in [0, 0.05) is 7.05 Å². The van der Waals surface area contributed by atoms with Gasteiger partial charge >= 0.3 is 6.18 Å². The van der Waals surface area contributed by atoms with Crippen molar-refractivity contribution in [2.75, 3.05) is 7.05 Å². The highest BCUT2D eigenvalue weighted by atomic mass is 19.4. The van der Waals surface area contributed by atoms with E-state index in [1.165, 1.54) is 17.0 Å². The van der Waals surface area contributed by atoms with Crippen LogP contribution in [-0.2, 0) is 11.0 Å². The molecule has 0 fully saturated rings. The average Bonchev–Trinajstić information content (AvgIpc) is 2.91. The molecular formula is C23H17F3N2O. The second-order valence-corrected chi connectivity index (χ2v) is 6.82. The topological polar surface area (TPSA) is 46.3 Å². The van der Waals surface area contributed by atoms with Crippen molar-refractivity contribution in [1.82, 2.24) is 4.90 Å². The van der Waals surface area contributed by atoms with Crippen LogP contribution in [0.4, 0.5) is 13.2 Å². The standard InChI is InChI=1S/C23H17F3N2O/c1-28-19(13-15-8-4-7-14-6-2-3-11-18(14)15)21(29)20(22(28)27)16-9-5-10-17(12-16)23(24,25)26/h2-13H,27H2,1H3. The summed E-state index contributed by atoms with van der Waals surface area (Å²) in [6.45, 7) is 0. The maximum atomic E-state index is 13.1. The van der Waals surface area contributed by atoms with Crippen LogP contribution in [-0.4, -0.2) is 17.7 Å². The fourth-order valence-corrected chi connectivity index (χ4v) is 3.51. The lowest BCUT2D eigenvalue weighted by Crippen LogP contribution is -2.19. The van der Waals surface area contributed by atoms with Crippen molar-refractivity contribution < 1.29 is 18.0 Å². The quantitative estimate of drug-likeness (QED) is 0.620. The Morgan fingerprint density at radius 1 is 0.966 bits per heavy atom. The molecule has 0 radical (unpaired) electrons. The van der Waals surface area contributed by atoms with Gasteiger partial charge in [-0.05, 0) is 40.1 Å². The molecule has 1 aliphatic rings. The van der Waals surface area contributed by atoms with Gasteiger partial charge < -0.3 is 10.6 Å². The lowest BCUT2D eigenvalue weighted by Gasteiger charge is -2.14. The number of benzene rings is 3. The molecule has 0 aliphatic carbocycles. The summed E-state index contributed by atoms with van der Waals surface area (Å²) in [6.07, 6.45) is -2.78. The summed E-state index contributed by atoms with van der Waals surface area (Å²) in [5.74, 6) is -0.280. The zero-order chi connectivity index (χ0) is 20.8. The number of nitrogens with zero attached hydrogens (tertiary/aromatic N) is 1. The van der Waals surface area contributed by atoms with Gasteiger partial charge in [-0.25, -0.2) is 0 Å². The van der Waals surface area contributed by atoms with Crippen LogP contribution < -0.4 is 5.73 Å². The molecule has 0 atom stereocenters. The molecule has 4 rings (SSSR count). The summed E-state index contributed by atoms with van der Waals surface area (Å²) in [5.41, 5.74) is 6.67. The third kappa shape index (κ3) is 3.27. The summed E-state index contributed by atoms with van der Waals surface area (Å²) in [5, 5.41) is 1.99. The Kier molecular flexibility index (Phi) is 4.42. The van der Waals surface area contributed by atoms with Gasteiger partial charge in [-0.2, -0.15) is 13.2 Å². The molecule has 2 N–H and O–H groups in total. The number of allylic oxidation sites excluding steroid dienone is 1. The second-order valence-electron chi connectivity index (χ2n) is 6.82. The Labute approximate surface area is 165 Å². The third-order valence-corrected chi connectivity index (χ3v) is 5.03. The second kappa shape index (κ2) is 6.81. The van der Waals surface area contributed by atoms with Crippen molar-refractivity contribution >= 4 is 28.2 Å². The number of hydrogen-bond donors (Lipinski definition) is 1. The summed E-state index contributed by atoms with van der Waals surface area (Å²) < 4.78 is 39.3. The van der Waals surface area contributed by atoms with Crippen LogP contribution in [0.5, 0.6) is 0 Å². The van der Waals surface area contributed by atoms with Crippen molar-refractivity contribution in [2.24, 2.45) is 5.73 Å². The fourth-order valence-electron chi connectivity index (χ4n) is 3.51. The number of carbonyl (C=O) groups is 1. The fraction of sp³-hybridized carbons (Fsp3) is 0.0870. The molecule has 1 heterocycles. The molecule has 0 amide bonds. The van der Waals surface area contributed by atoms with E-state index >= 15 is 0 Å². The molecule has 6 heteroatoms. The molecular weight excluding hydrogens is 377 g/mol. The first-order valence-corrected chi connectivity index (χ1v) is 8.92. The Bertz CT molecular complexity index is 1190. The Morgan fingerprint density at radius 3 is 2.41 bits per heavy atom. The van der Waals surface area contributed by atoms with Crippen LogP contribution in [0.15, 0.2) is 78.2 Å². The van der Waals surface area contributed by atoms with E-state index < -0.39 is 17.5 Å². The number of halogens is 3. The van der Waals surface area contributed by atoms with E-state index in [9.17, 15) is 18.0 Å². The van der Waals surface area contributed by atoms with E-state index in [0.717, 1.165) is 28.5 Å². The first kappa shape index (κ1) is 18.8. The lowest BCUT2D eigenvalue weighted by atomic mass is 9.98. The van der Waals surface area contributed by atoms with Crippen LogP contribution in [0.1, 0.15) is 16.7 Å². The van der Waals surface area contributed by atoms with Gasteiger partial charge in [-0.15, -0.1) is 0 Å². The number of ketones is 1. The summed E-state index contributed by atoms with van der Waals surface area (Å²) in [7, 11) is 1.63. The van der Waals surface area contributed by atoms with Gasteiger partial charge in [0.1, 0.15) is 5.82 Å². The molecule has 0 aromatic heterocycles. The summed E-state index contributed by atoms with van der Waals surface area (Å²) in [6, 6.07) is 18.2. The zero-order valence-electron chi connectivity index (χ0n) is 15.5. The monoisotopic (exact) mass is 394 g/mol. The van der Waals surface area contributed by atoms with Crippen molar-refractivity contribution in [1.29, 1.82) is 0 Å². The van der Waals surface area contributed by atoms with Gasteiger partial charge in [0.15, 0.2) is 0 Å². The van der Waals surface area contributed by atoms with E-state index in [2.05, 4.69) is 0 Å². The molecule has 0 spiro atoms. The van der Waals surface area contributed by atoms with E-state index in [1.807, 2.05) is 42.5 Å². The van der Waals surface area contributed by atoms with Crippen LogP contribution in [0.3, 0.4) is 0 Å². The first-order valence-electron chi connectivity index (χ1n) is 8.92. The predicted octanol–water partition coefficient (Wildman–Crippen LogP) is 5.04. The maximum Gasteiger partial charge on any atom is 0.416 e. The minimum Gasteiger partial charge on any atom is -0.384 e. The van der Waals surface area contributed by atoms with E-state index in [-0.39, 0.29) is 17.0 Å². The molecule has 0 saturated carbocycles. The van der Waals surface area contributed by atoms with Crippen molar-refractivity contribution in [3.8, 4) is 0 Å². The minimum absolute atomic E-state index is 0.0742. The zero-order valence-corrected chi connectivity index (χ0v) is 15.5. The van der Waals surface area contributed by atoms with E-state index in [1.54, 1.807) is 13.1 Å². The van der Waals surface area contributed by atoms with Crippen molar-refractivity contribution in [3.63, 3.8) is 0 Å². The molecule has 3 aromatic carbocycles. The number of rotatable bonds is 2. The summed E-state index contributed by atoms with van der Waals surface area (Å²) in [4.78, 5) is 14.6. The van der Waals surface area contributed by atoms with Gasteiger partial charge in [0.25, 0.3) is 0 Å². The van der Waals surface area contributed by atoms with E-state index in [4.69, 9.17) is 5.73 Å². The number of nitrogens with two attached hydrogens (primary N) is 1. The normalized spacial score (nSPS) is 16.3. The average molecular weight is 394 g/mol. The number of likely N-dealkylation sites (N-methyl/N-ethyl adjacent to an activating group) is 1. The Hall–Kier alpha value is -3.54. The number of alkyl halides is 3. The van der Waals surface area contributed by atoms with Crippen molar-refractivity contribution in [3.05, 3.63) is 94.9 Å². The SMILES string of the molecule is CN1C(=Cc2cccc3ccccc23)C(=O)C(c2cccc(C(F)(F)F)c2)=C1N.